The summed E-state index contributed by atoms with van der Waals surface area (Å²) >= 11 is 1.34. The third-order valence-corrected chi connectivity index (χ3v) is 5.14. The monoisotopic (exact) mass is 364 g/mol. The lowest BCUT2D eigenvalue weighted by Crippen LogP contribution is -2.27. The molecule has 0 radical (unpaired) electrons. The van der Waals surface area contributed by atoms with Gasteiger partial charge in [-0.1, -0.05) is 12.1 Å². The van der Waals surface area contributed by atoms with Crippen LogP contribution >= 0.6 is 11.3 Å². The van der Waals surface area contributed by atoms with Gasteiger partial charge in [-0.25, -0.2) is 4.98 Å². The number of hydrogen-bond donors (Lipinski definition) is 1. The molecule has 0 saturated carbocycles. The second kappa shape index (κ2) is 6.64. The molecule has 0 spiro atoms. The highest BCUT2D eigenvalue weighted by Gasteiger charge is 2.21. The Kier molecular flexibility index (Phi) is 4.18. The van der Waals surface area contributed by atoms with Gasteiger partial charge in [0.15, 0.2) is 11.5 Å². The molecule has 4 heterocycles. The maximum Gasteiger partial charge on any atom is 0.263 e. The molecule has 1 unspecified atom stereocenters. The number of rotatable bonds is 4. The van der Waals surface area contributed by atoms with Crippen molar-refractivity contribution in [2.75, 3.05) is 0 Å². The highest BCUT2D eigenvalue weighted by molar-refractivity contribution is 7.17. The van der Waals surface area contributed by atoms with Gasteiger partial charge in [0.2, 0.25) is 0 Å². The molecule has 0 aliphatic carbocycles. The summed E-state index contributed by atoms with van der Waals surface area (Å²) in [6.07, 6.45) is 3.59. The van der Waals surface area contributed by atoms with E-state index in [9.17, 15) is 4.79 Å². The summed E-state index contributed by atoms with van der Waals surface area (Å²) < 4.78 is 1.86. The summed E-state index contributed by atoms with van der Waals surface area (Å²) in [5.41, 5.74) is 2.19. The van der Waals surface area contributed by atoms with Gasteiger partial charge in [-0.2, -0.15) is 0 Å². The van der Waals surface area contributed by atoms with E-state index >= 15 is 0 Å². The number of aryl methyl sites for hydroxylation is 1. The Morgan fingerprint density at radius 3 is 2.85 bits per heavy atom. The zero-order chi connectivity index (χ0) is 18.1. The van der Waals surface area contributed by atoms with E-state index in [1.807, 2.05) is 60.8 Å². The minimum absolute atomic E-state index is 0.178. The fraction of sp³-hybridized carbons (Fsp3) is 0.167. The summed E-state index contributed by atoms with van der Waals surface area (Å²) in [5.74, 6) is 0.503. The summed E-state index contributed by atoms with van der Waals surface area (Å²) in [4.78, 5) is 22.1. The van der Waals surface area contributed by atoms with E-state index in [4.69, 9.17) is 0 Å². The van der Waals surface area contributed by atoms with Crippen molar-refractivity contribution in [2.24, 2.45) is 0 Å². The minimum Gasteiger partial charge on any atom is -0.342 e. The van der Waals surface area contributed by atoms with Crippen LogP contribution in [0.5, 0.6) is 0 Å². The highest BCUT2D eigenvalue weighted by atomic mass is 32.1. The van der Waals surface area contributed by atoms with Gasteiger partial charge in [0.1, 0.15) is 9.88 Å². The van der Waals surface area contributed by atoms with Crippen LogP contribution in [-0.2, 0) is 0 Å². The number of thiazole rings is 1. The zero-order valence-corrected chi connectivity index (χ0v) is 15.1. The van der Waals surface area contributed by atoms with Crippen LogP contribution in [0.25, 0.3) is 16.3 Å². The quantitative estimate of drug-likeness (QED) is 0.602. The molecule has 4 rings (SSSR count). The number of aromatic nitrogens is 5. The number of hydrogen-bond acceptors (Lipinski definition) is 6. The first-order chi connectivity index (χ1) is 12.6. The van der Waals surface area contributed by atoms with Gasteiger partial charge in [0.25, 0.3) is 5.91 Å². The topological polar surface area (TPSA) is 85.1 Å². The van der Waals surface area contributed by atoms with Crippen molar-refractivity contribution in [3.05, 3.63) is 65.2 Å². The van der Waals surface area contributed by atoms with Gasteiger partial charge in [-0.15, -0.1) is 21.5 Å². The molecule has 26 heavy (non-hydrogen) atoms. The Labute approximate surface area is 153 Å². The molecule has 130 valence electrons. The SMILES string of the molecule is Cc1nc(-c2ccccn2)sc1C(=O)NC(C)c1nnc2ccccn12. The van der Waals surface area contributed by atoms with Gasteiger partial charge < -0.3 is 5.32 Å². The molecule has 0 aromatic carbocycles. The molecule has 4 aromatic rings. The molecule has 0 aliphatic rings. The Morgan fingerprint density at radius 2 is 2.04 bits per heavy atom. The third-order valence-electron chi connectivity index (χ3n) is 3.96. The molecule has 0 fully saturated rings. The number of carbonyl (C=O) groups is 1. The first-order valence-electron chi connectivity index (χ1n) is 8.13. The summed E-state index contributed by atoms with van der Waals surface area (Å²) in [6.45, 7) is 3.71. The smallest absolute Gasteiger partial charge is 0.263 e. The first-order valence-corrected chi connectivity index (χ1v) is 8.94. The molecule has 7 nitrogen and oxygen atoms in total. The second-order valence-corrected chi connectivity index (χ2v) is 6.83. The van der Waals surface area contributed by atoms with Crippen LogP contribution in [-0.4, -0.2) is 30.5 Å². The number of carbonyl (C=O) groups excluding carboxylic acids is 1. The van der Waals surface area contributed by atoms with Crippen molar-refractivity contribution in [1.29, 1.82) is 0 Å². The Morgan fingerprint density at radius 1 is 1.19 bits per heavy atom. The molecule has 1 amide bonds. The summed E-state index contributed by atoms with van der Waals surface area (Å²) in [7, 11) is 0. The largest absolute Gasteiger partial charge is 0.342 e. The van der Waals surface area contributed by atoms with Gasteiger partial charge in [-0.3, -0.25) is 14.2 Å². The lowest BCUT2D eigenvalue weighted by Gasteiger charge is -2.11. The molecule has 8 heteroatoms. The molecule has 0 aliphatic heterocycles. The maximum absolute atomic E-state index is 12.7. The third kappa shape index (κ3) is 2.95. The number of fused-ring (bicyclic) bond motifs is 1. The molecule has 4 aromatic heterocycles. The second-order valence-electron chi connectivity index (χ2n) is 5.83. The molecule has 1 atom stereocenters. The van der Waals surface area contributed by atoms with Crippen LogP contribution in [0.2, 0.25) is 0 Å². The van der Waals surface area contributed by atoms with Crippen molar-refractivity contribution in [1.82, 2.24) is 29.9 Å². The van der Waals surface area contributed by atoms with E-state index in [1.165, 1.54) is 11.3 Å². The normalized spacial score (nSPS) is 12.2. The van der Waals surface area contributed by atoms with Crippen molar-refractivity contribution >= 4 is 22.9 Å². The Bertz CT molecular complexity index is 1070. The average molecular weight is 364 g/mol. The fourth-order valence-corrected chi connectivity index (χ4v) is 3.63. The molecule has 0 saturated heterocycles. The molecule has 1 N–H and O–H groups in total. The van der Waals surface area contributed by atoms with E-state index in [2.05, 4.69) is 25.5 Å². The standard InChI is InChI=1S/C18H16N6OS/c1-11-15(26-18(21-11)13-7-3-5-9-19-13)17(25)20-12(2)16-23-22-14-8-4-6-10-24(14)16/h3-10,12H,1-2H3,(H,20,25). The zero-order valence-electron chi connectivity index (χ0n) is 14.2. The highest BCUT2D eigenvalue weighted by Crippen LogP contribution is 2.26. The van der Waals surface area contributed by atoms with Crippen molar-refractivity contribution in [3.8, 4) is 10.7 Å². The van der Waals surface area contributed by atoms with Crippen LogP contribution in [0.4, 0.5) is 0 Å². The van der Waals surface area contributed by atoms with Crippen LogP contribution in [0.3, 0.4) is 0 Å². The van der Waals surface area contributed by atoms with E-state index in [-0.39, 0.29) is 11.9 Å². The van der Waals surface area contributed by atoms with Gasteiger partial charge in [-0.05, 0) is 38.1 Å². The number of pyridine rings is 2. The van der Waals surface area contributed by atoms with E-state index in [0.717, 1.165) is 16.3 Å². The summed E-state index contributed by atoms with van der Waals surface area (Å²) in [6, 6.07) is 11.0. The predicted molar refractivity (Wildman–Crippen MR) is 99.0 cm³/mol. The van der Waals surface area contributed by atoms with Crippen LogP contribution < -0.4 is 5.32 Å². The van der Waals surface area contributed by atoms with Crippen LogP contribution in [0.1, 0.15) is 34.2 Å². The fourth-order valence-electron chi connectivity index (χ4n) is 2.69. The van der Waals surface area contributed by atoms with Crippen molar-refractivity contribution < 1.29 is 4.79 Å². The Hall–Kier alpha value is -3.13. The van der Waals surface area contributed by atoms with E-state index < -0.39 is 0 Å². The summed E-state index contributed by atoms with van der Waals surface area (Å²) in [5, 5.41) is 12.0. The number of nitrogens with zero attached hydrogens (tertiary/aromatic N) is 5. The Balaban J connectivity index is 1.58. The van der Waals surface area contributed by atoms with Crippen LogP contribution in [0, 0.1) is 6.92 Å². The molecular weight excluding hydrogens is 348 g/mol. The predicted octanol–water partition coefficient (Wildman–Crippen LogP) is 3.05. The first kappa shape index (κ1) is 16.3. The van der Waals surface area contributed by atoms with Gasteiger partial charge in [0.05, 0.1) is 17.4 Å². The van der Waals surface area contributed by atoms with Crippen LogP contribution in [0.15, 0.2) is 48.8 Å². The van der Waals surface area contributed by atoms with Crippen molar-refractivity contribution in [3.63, 3.8) is 0 Å². The average Bonchev–Trinajstić information content (AvgIpc) is 3.26. The van der Waals surface area contributed by atoms with E-state index in [1.54, 1.807) is 6.20 Å². The van der Waals surface area contributed by atoms with Crippen molar-refractivity contribution in [2.45, 2.75) is 19.9 Å². The van der Waals surface area contributed by atoms with Gasteiger partial charge >= 0.3 is 0 Å². The number of amides is 1. The minimum atomic E-state index is -0.292. The molecule has 0 bridgehead atoms. The van der Waals surface area contributed by atoms with E-state index in [0.29, 0.717) is 16.4 Å². The maximum atomic E-state index is 12.7. The lowest BCUT2D eigenvalue weighted by molar-refractivity contribution is 0.0941. The lowest BCUT2D eigenvalue weighted by atomic mass is 10.3. The molecular formula is C18H16N6OS. The van der Waals surface area contributed by atoms with Gasteiger partial charge in [0, 0.05) is 12.4 Å². The number of nitrogens with one attached hydrogen (secondary N) is 1.